The number of phenols is 1. The van der Waals surface area contributed by atoms with E-state index in [4.69, 9.17) is 14.6 Å². The Morgan fingerprint density at radius 2 is 2.18 bits per heavy atom. The van der Waals surface area contributed by atoms with Crippen molar-refractivity contribution >= 4 is 5.97 Å². The summed E-state index contributed by atoms with van der Waals surface area (Å²) in [5, 5.41) is 28.7. The monoisotopic (exact) mass is 240 g/mol. The number of carboxylic acids is 1. The first-order valence-electron chi connectivity index (χ1n) is 4.94. The summed E-state index contributed by atoms with van der Waals surface area (Å²) in [6.07, 6.45) is -1.35. The van der Waals surface area contributed by atoms with Crippen molar-refractivity contribution in [2.75, 3.05) is 7.11 Å². The van der Waals surface area contributed by atoms with Crippen molar-refractivity contribution < 1.29 is 29.6 Å². The smallest absolute Gasteiger partial charge is 0.339 e. The molecule has 0 aliphatic carbocycles. The lowest BCUT2D eigenvalue weighted by Crippen LogP contribution is -2.09. The van der Waals surface area contributed by atoms with E-state index in [1.165, 1.54) is 7.11 Å². The molecule has 0 saturated carbocycles. The number of ether oxygens (including phenoxy) is 2. The lowest BCUT2D eigenvalue weighted by molar-refractivity contribution is -0.0923. The van der Waals surface area contributed by atoms with Crippen LogP contribution in [0.1, 0.15) is 33.3 Å². The summed E-state index contributed by atoms with van der Waals surface area (Å²) in [5.41, 5.74) is 0.523. The lowest BCUT2D eigenvalue weighted by Gasteiger charge is -2.15. The summed E-state index contributed by atoms with van der Waals surface area (Å²) in [7, 11) is 1.31. The number of methoxy groups -OCH3 is 1. The molecule has 0 bridgehead atoms. The van der Waals surface area contributed by atoms with Gasteiger partial charge in [0.2, 0.25) is 0 Å². The van der Waals surface area contributed by atoms with Crippen molar-refractivity contribution in [2.45, 2.75) is 19.8 Å². The maximum Gasteiger partial charge on any atom is 0.339 e. The van der Waals surface area contributed by atoms with Gasteiger partial charge in [-0.3, -0.25) is 0 Å². The highest BCUT2D eigenvalue weighted by atomic mass is 16.6. The Kier molecular flexibility index (Phi) is 2.68. The molecule has 6 heteroatoms. The molecule has 1 atom stereocenters. The molecule has 0 spiro atoms. The van der Waals surface area contributed by atoms with Crippen LogP contribution in [0.3, 0.4) is 0 Å². The van der Waals surface area contributed by atoms with Gasteiger partial charge in [-0.15, -0.1) is 0 Å². The summed E-state index contributed by atoms with van der Waals surface area (Å²) in [5.74, 6) is -1.29. The van der Waals surface area contributed by atoms with Crippen molar-refractivity contribution in [2.24, 2.45) is 0 Å². The Morgan fingerprint density at radius 3 is 2.71 bits per heavy atom. The minimum absolute atomic E-state index is 0.0204. The second-order valence-corrected chi connectivity index (χ2v) is 3.74. The van der Waals surface area contributed by atoms with Gasteiger partial charge in [0.15, 0.2) is 6.29 Å². The highest BCUT2D eigenvalue weighted by Crippen LogP contribution is 2.44. The molecule has 1 heterocycles. The number of phenolic OH excluding ortho intramolecular Hbond substituents is 1. The van der Waals surface area contributed by atoms with Crippen LogP contribution in [0.2, 0.25) is 0 Å². The van der Waals surface area contributed by atoms with Gasteiger partial charge >= 0.3 is 5.97 Å². The summed E-state index contributed by atoms with van der Waals surface area (Å²) in [6.45, 7) is 1.53. The van der Waals surface area contributed by atoms with Crippen LogP contribution in [0, 0.1) is 6.92 Å². The third kappa shape index (κ3) is 1.53. The Bertz CT molecular complexity index is 493. The molecule has 92 valence electrons. The number of hydrogen-bond donors (Lipinski definition) is 3. The van der Waals surface area contributed by atoms with E-state index in [2.05, 4.69) is 0 Å². The van der Waals surface area contributed by atoms with Gasteiger partial charge < -0.3 is 24.8 Å². The van der Waals surface area contributed by atoms with E-state index < -0.39 is 12.3 Å². The number of benzene rings is 1. The van der Waals surface area contributed by atoms with E-state index in [9.17, 15) is 15.0 Å². The molecular weight excluding hydrogens is 228 g/mol. The summed E-state index contributed by atoms with van der Waals surface area (Å²) in [4.78, 5) is 11.2. The molecule has 1 unspecified atom stereocenters. The van der Waals surface area contributed by atoms with Gasteiger partial charge in [0.1, 0.15) is 17.1 Å². The Hall–Kier alpha value is -1.79. The topological polar surface area (TPSA) is 96.2 Å². The number of rotatable bonds is 2. The van der Waals surface area contributed by atoms with Crippen LogP contribution >= 0.6 is 0 Å². The highest BCUT2D eigenvalue weighted by molar-refractivity contribution is 5.94. The molecular formula is C11H12O6. The van der Waals surface area contributed by atoms with E-state index in [0.29, 0.717) is 11.1 Å². The zero-order valence-electron chi connectivity index (χ0n) is 9.35. The average molecular weight is 240 g/mol. The van der Waals surface area contributed by atoms with Crippen molar-refractivity contribution in [3.63, 3.8) is 0 Å². The Labute approximate surface area is 97.0 Å². The van der Waals surface area contributed by atoms with Gasteiger partial charge in [-0.25, -0.2) is 4.79 Å². The molecule has 1 aromatic carbocycles. The van der Waals surface area contributed by atoms with Gasteiger partial charge in [-0.1, -0.05) is 0 Å². The Balaban J connectivity index is 2.84. The number of aromatic carboxylic acids is 1. The maximum absolute atomic E-state index is 11.2. The largest absolute Gasteiger partial charge is 0.507 e. The minimum Gasteiger partial charge on any atom is -0.507 e. The number of carboxylic acid groups (broad SMARTS) is 1. The fraction of sp³-hybridized carbons (Fsp3) is 0.364. The lowest BCUT2D eigenvalue weighted by atomic mass is 9.96. The molecule has 0 aromatic heterocycles. The maximum atomic E-state index is 11.2. The van der Waals surface area contributed by atoms with Gasteiger partial charge in [0.05, 0.1) is 13.7 Å². The molecule has 0 fully saturated rings. The molecule has 0 amide bonds. The van der Waals surface area contributed by atoms with Gasteiger partial charge in [0, 0.05) is 16.7 Å². The van der Waals surface area contributed by atoms with Gasteiger partial charge in [0.25, 0.3) is 0 Å². The third-order valence-electron chi connectivity index (χ3n) is 2.85. The van der Waals surface area contributed by atoms with E-state index in [-0.39, 0.29) is 29.2 Å². The second-order valence-electron chi connectivity index (χ2n) is 3.74. The quantitative estimate of drug-likeness (QED) is 0.711. The summed E-state index contributed by atoms with van der Waals surface area (Å²) >= 11 is 0. The van der Waals surface area contributed by atoms with Crippen LogP contribution < -0.4 is 4.74 Å². The number of carbonyl (C=O) groups is 1. The molecule has 1 aromatic rings. The highest BCUT2D eigenvalue weighted by Gasteiger charge is 2.34. The van der Waals surface area contributed by atoms with Crippen LogP contribution in [0.5, 0.6) is 11.5 Å². The average Bonchev–Trinajstić information content (AvgIpc) is 2.65. The summed E-state index contributed by atoms with van der Waals surface area (Å²) in [6, 6.07) is 0. The van der Waals surface area contributed by atoms with Crippen molar-refractivity contribution in [1.29, 1.82) is 0 Å². The predicted octanol–water partition coefficient (Wildman–Crippen LogP) is 0.929. The number of aliphatic hydroxyl groups excluding tert-OH is 1. The molecule has 6 nitrogen and oxygen atoms in total. The van der Waals surface area contributed by atoms with Crippen molar-refractivity contribution in [3.8, 4) is 11.5 Å². The Morgan fingerprint density at radius 1 is 1.53 bits per heavy atom. The predicted molar refractivity (Wildman–Crippen MR) is 56.1 cm³/mol. The zero-order chi connectivity index (χ0) is 12.7. The first-order valence-corrected chi connectivity index (χ1v) is 4.94. The first kappa shape index (κ1) is 11.7. The standard InChI is InChI=1S/C11H12O6/c1-4-8(12)5-3-17-11(15)6(5)7(10(13)14)9(4)16-2/h11-12,15H,3H2,1-2H3,(H,13,14). The van der Waals surface area contributed by atoms with Gasteiger partial charge in [-0.2, -0.15) is 0 Å². The van der Waals surface area contributed by atoms with Gasteiger partial charge in [-0.05, 0) is 6.92 Å². The molecule has 17 heavy (non-hydrogen) atoms. The van der Waals surface area contributed by atoms with Crippen LogP contribution in [0.15, 0.2) is 0 Å². The number of aromatic hydroxyl groups is 1. The van der Waals surface area contributed by atoms with E-state index >= 15 is 0 Å². The molecule has 3 N–H and O–H groups in total. The van der Waals surface area contributed by atoms with Crippen LogP contribution in [-0.4, -0.2) is 28.4 Å². The van der Waals surface area contributed by atoms with E-state index in [1.54, 1.807) is 6.92 Å². The first-order chi connectivity index (χ1) is 7.99. The van der Waals surface area contributed by atoms with Crippen LogP contribution in [-0.2, 0) is 11.3 Å². The normalized spacial score (nSPS) is 17.9. The number of fused-ring (bicyclic) bond motifs is 1. The van der Waals surface area contributed by atoms with E-state index in [0.717, 1.165) is 0 Å². The molecule has 0 saturated heterocycles. The molecule has 0 radical (unpaired) electrons. The molecule has 1 aliphatic rings. The summed E-state index contributed by atoms with van der Waals surface area (Å²) < 4.78 is 9.91. The number of aliphatic hydroxyl groups is 1. The minimum atomic E-state index is -1.35. The van der Waals surface area contributed by atoms with E-state index in [1.807, 2.05) is 0 Å². The molecule has 1 aliphatic heterocycles. The zero-order valence-corrected chi connectivity index (χ0v) is 9.35. The van der Waals surface area contributed by atoms with Crippen molar-refractivity contribution in [3.05, 3.63) is 22.3 Å². The molecule has 2 rings (SSSR count). The van der Waals surface area contributed by atoms with Crippen LogP contribution in [0.25, 0.3) is 0 Å². The fourth-order valence-corrected chi connectivity index (χ4v) is 2.05. The third-order valence-corrected chi connectivity index (χ3v) is 2.85. The fourth-order valence-electron chi connectivity index (χ4n) is 2.05. The van der Waals surface area contributed by atoms with Crippen molar-refractivity contribution in [1.82, 2.24) is 0 Å². The SMILES string of the molecule is COc1c(C)c(O)c2c(c1C(=O)O)C(O)OC2. The second kappa shape index (κ2) is 3.90. The number of hydrogen-bond acceptors (Lipinski definition) is 5. The van der Waals surface area contributed by atoms with Crippen LogP contribution in [0.4, 0.5) is 0 Å².